The van der Waals surface area contributed by atoms with Gasteiger partial charge in [0.2, 0.25) is 5.91 Å². The van der Waals surface area contributed by atoms with E-state index in [9.17, 15) is 14.4 Å². The summed E-state index contributed by atoms with van der Waals surface area (Å²) < 4.78 is 5.16. The predicted octanol–water partition coefficient (Wildman–Crippen LogP) is 2.16. The van der Waals surface area contributed by atoms with Crippen molar-refractivity contribution in [1.29, 1.82) is 0 Å². The number of benzene rings is 1. The van der Waals surface area contributed by atoms with Gasteiger partial charge in [0.15, 0.2) is 0 Å². The number of nitrogens with zero attached hydrogens (tertiary/aromatic N) is 1. The first kappa shape index (κ1) is 20.2. The van der Waals surface area contributed by atoms with Crippen molar-refractivity contribution in [1.82, 2.24) is 21.2 Å². The SMILES string of the molecule is O=C(CSc1ccccc1C(=O)NNC(=O)c1ccccn1)NCc1ccco1. The summed E-state index contributed by atoms with van der Waals surface area (Å²) in [5, 5.41) is 2.74. The van der Waals surface area contributed by atoms with Gasteiger partial charge in [-0.2, -0.15) is 0 Å². The van der Waals surface area contributed by atoms with Crippen molar-refractivity contribution in [2.24, 2.45) is 0 Å². The van der Waals surface area contributed by atoms with Crippen LogP contribution in [0.25, 0.3) is 0 Å². The fourth-order valence-electron chi connectivity index (χ4n) is 2.32. The molecule has 0 spiro atoms. The molecule has 0 aliphatic heterocycles. The van der Waals surface area contributed by atoms with E-state index in [1.807, 2.05) is 0 Å². The van der Waals surface area contributed by atoms with Gasteiger partial charge in [-0.1, -0.05) is 18.2 Å². The highest BCUT2D eigenvalue weighted by Gasteiger charge is 2.14. The van der Waals surface area contributed by atoms with Crippen molar-refractivity contribution in [3.8, 4) is 0 Å². The van der Waals surface area contributed by atoms with E-state index in [2.05, 4.69) is 21.2 Å². The Morgan fingerprint density at radius 1 is 0.931 bits per heavy atom. The lowest BCUT2D eigenvalue weighted by atomic mass is 10.2. The number of furan rings is 1. The van der Waals surface area contributed by atoms with Crippen molar-refractivity contribution < 1.29 is 18.8 Å². The zero-order valence-corrected chi connectivity index (χ0v) is 16.1. The number of aromatic nitrogens is 1. The van der Waals surface area contributed by atoms with Crippen molar-refractivity contribution >= 4 is 29.5 Å². The Bertz CT molecular complexity index is 977. The Morgan fingerprint density at radius 3 is 2.48 bits per heavy atom. The van der Waals surface area contributed by atoms with E-state index in [4.69, 9.17) is 4.42 Å². The van der Waals surface area contributed by atoms with Gasteiger partial charge in [0.1, 0.15) is 11.5 Å². The number of thioether (sulfide) groups is 1. The van der Waals surface area contributed by atoms with Gasteiger partial charge in [-0.15, -0.1) is 11.8 Å². The van der Waals surface area contributed by atoms with Crippen LogP contribution in [0.4, 0.5) is 0 Å². The Morgan fingerprint density at radius 2 is 1.72 bits per heavy atom. The van der Waals surface area contributed by atoms with Crippen LogP contribution < -0.4 is 16.2 Å². The molecular formula is C20H18N4O4S. The lowest BCUT2D eigenvalue weighted by Gasteiger charge is -2.10. The molecule has 3 rings (SSSR count). The molecule has 29 heavy (non-hydrogen) atoms. The first-order valence-corrected chi connectivity index (χ1v) is 9.64. The summed E-state index contributed by atoms with van der Waals surface area (Å²) in [5.74, 6) is -0.419. The van der Waals surface area contributed by atoms with Gasteiger partial charge in [0.25, 0.3) is 11.8 Å². The molecule has 148 valence electrons. The van der Waals surface area contributed by atoms with E-state index in [-0.39, 0.29) is 17.4 Å². The third-order valence-electron chi connectivity index (χ3n) is 3.72. The maximum Gasteiger partial charge on any atom is 0.288 e. The smallest absolute Gasteiger partial charge is 0.288 e. The van der Waals surface area contributed by atoms with Gasteiger partial charge in [-0.25, -0.2) is 0 Å². The van der Waals surface area contributed by atoms with Crippen molar-refractivity contribution in [2.75, 3.05) is 5.75 Å². The minimum atomic E-state index is -0.526. The van der Waals surface area contributed by atoms with Crippen LogP contribution in [0.15, 0.2) is 76.4 Å². The monoisotopic (exact) mass is 410 g/mol. The van der Waals surface area contributed by atoms with Gasteiger partial charge in [-0.3, -0.25) is 30.2 Å². The van der Waals surface area contributed by atoms with Crippen LogP contribution >= 0.6 is 11.8 Å². The molecule has 2 aromatic heterocycles. The number of carbonyl (C=O) groups excluding carboxylic acids is 3. The third kappa shape index (κ3) is 5.94. The van der Waals surface area contributed by atoms with E-state index in [0.29, 0.717) is 22.8 Å². The van der Waals surface area contributed by atoms with E-state index in [1.165, 1.54) is 30.3 Å². The highest BCUT2D eigenvalue weighted by molar-refractivity contribution is 8.00. The number of carbonyl (C=O) groups is 3. The molecule has 3 amide bonds. The Hall–Kier alpha value is -3.59. The van der Waals surface area contributed by atoms with E-state index < -0.39 is 11.8 Å². The van der Waals surface area contributed by atoms with Gasteiger partial charge >= 0.3 is 0 Å². The topological polar surface area (TPSA) is 113 Å². The zero-order chi connectivity index (χ0) is 20.5. The summed E-state index contributed by atoms with van der Waals surface area (Å²) in [5.41, 5.74) is 5.22. The first-order chi connectivity index (χ1) is 14.1. The molecule has 3 aromatic rings. The minimum absolute atomic E-state index is 0.130. The molecule has 0 bridgehead atoms. The molecule has 0 aliphatic carbocycles. The Labute approximate surface area is 171 Å². The molecule has 2 heterocycles. The molecular weight excluding hydrogens is 392 g/mol. The standard InChI is InChI=1S/C20H18N4O4S/c25-18(22-12-14-6-5-11-28-14)13-29-17-9-2-1-7-15(17)19(26)23-24-20(27)16-8-3-4-10-21-16/h1-11H,12-13H2,(H,22,25)(H,23,26)(H,24,27). The summed E-state index contributed by atoms with van der Waals surface area (Å²) in [6.07, 6.45) is 3.03. The van der Waals surface area contributed by atoms with Crippen LogP contribution in [0.2, 0.25) is 0 Å². The summed E-state index contributed by atoms with van der Waals surface area (Å²) in [6.45, 7) is 0.300. The average Bonchev–Trinajstić information content (AvgIpc) is 3.29. The van der Waals surface area contributed by atoms with Crippen molar-refractivity contribution in [2.45, 2.75) is 11.4 Å². The molecule has 0 aliphatic rings. The van der Waals surface area contributed by atoms with Crippen LogP contribution in [0.5, 0.6) is 0 Å². The normalized spacial score (nSPS) is 10.2. The summed E-state index contributed by atoms with van der Waals surface area (Å²) in [6, 6.07) is 15.2. The molecule has 0 radical (unpaired) electrons. The second-order valence-electron chi connectivity index (χ2n) is 5.76. The lowest BCUT2D eigenvalue weighted by molar-refractivity contribution is -0.118. The van der Waals surface area contributed by atoms with Crippen LogP contribution in [0, 0.1) is 0 Å². The number of hydrogen-bond acceptors (Lipinski definition) is 6. The van der Waals surface area contributed by atoms with Crippen LogP contribution in [-0.2, 0) is 11.3 Å². The summed E-state index contributed by atoms with van der Waals surface area (Å²) in [7, 11) is 0. The van der Waals surface area contributed by atoms with Gasteiger partial charge in [-0.05, 0) is 36.4 Å². The first-order valence-electron chi connectivity index (χ1n) is 8.66. The molecule has 0 saturated carbocycles. The molecule has 0 fully saturated rings. The van der Waals surface area contributed by atoms with E-state index in [1.54, 1.807) is 48.5 Å². The van der Waals surface area contributed by atoms with Gasteiger partial charge in [0, 0.05) is 11.1 Å². The summed E-state index contributed by atoms with van der Waals surface area (Å²) >= 11 is 1.22. The number of amides is 3. The van der Waals surface area contributed by atoms with Crippen LogP contribution in [-0.4, -0.2) is 28.5 Å². The molecule has 0 atom stereocenters. The average molecular weight is 410 g/mol. The minimum Gasteiger partial charge on any atom is -0.467 e. The predicted molar refractivity (Wildman–Crippen MR) is 107 cm³/mol. The Kier molecular flexibility index (Phi) is 7.01. The lowest BCUT2D eigenvalue weighted by Crippen LogP contribution is -2.42. The maximum atomic E-state index is 12.5. The second kappa shape index (κ2) is 10.1. The second-order valence-corrected chi connectivity index (χ2v) is 6.78. The van der Waals surface area contributed by atoms with Crippen molar-refractivity contribution in [3.63, 3.8) is 0 Å². The van der Waals surface area contributed by atoms with Crippen LogP contribution in [0.1, 0.15) is 26.6 Å². The summed E-state index contributed by atoms with van der Waals surface area (Å²) in [4.78, 5) is 41.0. The third-order valence-corrected chi connectivity index (χ3v) is 4.79. The van der Waals surface area contributed by atoms with Crippen LogP contribution in [0.3, 0.4) is 0 Å². The van der Waals surface area contributed by atoms with Gasteiger partial charge in [0.05, 0.1) is 24.1 Å². The molecule has 0 saturated heterocycles. The molecule has 8 nitrogen and oxygen atoms in total. The number of pyridine rings is 1. The number of rotatable bonds is 7. The highest BCUT2D eigenvalue weighted by Crippen LogP contribution is 2.22. The van der Waals surface area contributed by atoms with E-state index in [0.717, 1.165) is 0 Å². The number of hydrogen-bond donors (Lipinski definition) is 3. The highest BCUT2D eigenvalue weighted by atomic mass is 32.2. The fourth-order valence-corrected chi connectivity index (χ4v) is 3.19. The fraction of sp³-hybridized carbons (Fsp3) is 0.100. The molecule has 1 aromatic carbocycles. The molecule has 9 heteroatoms. The van der Waals surface area contributed by atoms with E-state index >= 15 is 0 Å². The maximum absolute atomic E-state index is 12.5. The largest absolute Gasteiger partial charge is 0.467 e. The van der Waals surface area contributed by atoms with Crippen molar-refractivity contribution in [3.05, 3.63) is 84.1 Å². The molecule has 3 N–H and O–H groups in total. The number of hydrazine groups is 1. The molecule has 0 unspecified atom stereocenters. The zero-order valence-electron chi connectivity index (χ0n) is 15.3. The van der Waals surface area contributed by atoms with Gasteiger partial charge < -0.3 is 9.73 Å². The Balaban J connectivity index is 1.53. The number of nitrogens with one attached hydrogen (secondary N) is 3. The quantitative estimate of drug-likeness (QED) is 0.406.